The van der Waals surface area contributed by atoms with Crippen molar-refractivity contribution in [1.82, 2.24) is 0 Å². The molecular formula is C20H19F25NO2S+. The van der Waals surface area contributed by atoms with Gasteiger partial charge in [-0.1, -0.05) is 0 Å². The molecule has 0 radical (unpaired) electrons. The van der Waals surface area contributed by atoms with E-state index in [1.54, 1.807) is 0 Å². The molecule has 49 heavy (non-hydrogen) atoms. The van der Waals surface area contributed by atoms with Crippen LogP contribution in [0.5, 0.6) is 0 Å². The van der Waals surface area contributed by atoms with Crippen molar-refractivity contribution in [2.24, 2.45) is 0 Å². The normalized spacial score (nSPS) is 17.7. The Morgan fingerprint density at radius 3 is 0.959 bits per heavy atom. The second kappa shape index (κ2) is 12.8. The molecular weight excluding hydrogens is 793 g/mol. The summed E-state index contributed by atoms with van der Waals surface area (Å²) in [7, 11) is 1.05. The highest BCUT2D eigenvalue weighted by Gasteiger charge is 2.99. The van der Waals surface area contributed by atoms with E-state index in [1.807, 2.05) is 0 Å². The van der Waals surface area contributed by atoms with Gasteiger partial charge in [0.05, 0.1) is 26.9 Å². The summed E-state index contributed by atoms with van der Waals surface area (Å²) in [6, 6.07) is 0. The first-order valence-corrected chi connectivity index (χ1v) is 13.3. The quantitative estimate of drug-likeness (QED) is 0.121. The predicted molar refractivity (Wildman–Crippen MR) is 112 cm³/mol. The van der Waals surface area contributed by atoms with Crippen LogP contribution in [-0.2, 0) is 10.8 Å². The number of rotatable bonds is 17. The summed E-state index contributed by atoms with van der Waals surface area (Å²) in [5.74, 6) is -102. The summed E-state index contributed by atoms with van der Waals surface area (Å²) < 4.78 is 349. The number of hydrogen-bond acceptors (Lipinski definition) is 2. The molecule has 0 fully saturated rings. The first-order valence-electron chi connectivity index (χ1n) is 11.8. The van der Waals surface area contributed by atoms with Gasteiger partial charge in [-0.15, -0.1) is 0 Å². The lowest BCUT2D eigenvalue weighted by molar-refractivity contribution is -0.873. The fourth-order valence-electron chi connectivity index (χ4n) is 3.37. The molecule has 296 valence electrons. The molecule has 0 aromatic heterocycles. The Morgan fingerprint density at radius 1 is 0.469 bits per heavy atom. The lowest BCUT2D eigenvalue weighted by Crippen LogP contribution is -2.78. The van der Waals surface area contributed by atoms with E-state index in [-0.39, 0.29) is 11.0 Å². The number of nitrogens with zero attached hydrogens (tertiary/aromatic N) is 1. The molecule has 0 aliphatic heterocycles. The van der Waals surface area contributed by atoms with Crippen LogP contribution in [0.4, 0.5) is 110 Å². The molecule has 0 saturated carbocycles. The van der Waals surface area contributed by atoms with E-state index in [0.717, 1.165) is 0 Å². The van der Waals surface area contributed by atoms with Crippen molar-refractivity contribution >= 4 is 10.8 Å². The Morgan fingerprint density at radius 2 is 0.714 bits per heavy atom. The Balaban J connectivity index is 6.92. The summed E-state index contributed by atoms with van der Waals surface area (Å²) in [6.45, 7) is -0.385. The minimum absolute atomic E-state index is 0.169. The van der Waals surface area contributed by atoms with Gasteiger partial charge in [0.25, 0.3) is 0 Å². The molecule has 0 aromatic carbocycles. The average Bonchev–Trinajstić information content (AvgIpc) is 2.84. The fraction of sp³-hybridized carbons (Fsp3) is 1.00. The predicted octanol–water partition coefficient (Wildman–Crippen LogP) is 7.74. The molecule has 0 saturated heterocycles. The maximum absolute atomic E-state index is 14.0. The monoisotopic (exact) mass is 812 g/mol. The first kappa shape index (κ1) is 47.3. The molecule has 2 atom stereocenters. The number of likely N-dealkylation sites (N-methyl/N-ethyl adjacent to an activating group) is 1. The number of halogens is 25. The highest BCUT2D eigenvalue weighted by molar-refractivity contribution is 7.85. The molecule has 0 spiro atoms. The van der Waals surface area contributed by atoms with Crippen molar-refractivity contribution in [3.63, 3.8) is 0 Å². The highest BCUT2D eigenvalue weighted by Crippen LogP contribution is 2.67. The molecule has 0 rings (SSSR count). The maximum atomic E-state index is 14.0. The SMILES string of the molecule is C[N+](C)(C)CC(O)CS(=O)CCC(F)(F)C(F)(F)C(F)(F)C(F)(F)C(F)(F)C(F)(F)C(F)(F)C(F)(F)C(F)(F)C(F)(F)C(F)(F)C(F)(F)F. The number of aliphatic hydroxyl groups excluding tert-OH is 1. The van der Waals surface area contributed by atoms with Crippen molar-refractivity contribution < 1.29 is 124 Å². The number of alkyl halides is 25. The van der Waals surface area contributed by atoms with Crippen LogP contribution in [0.25, 0.3) is 0 Å². The third-order valence-electron chi connectivity index (χ3n) is 6.14. The van der Waals surface area contributed by atoms with Crippen LogP contribution >= 0.6 is 0 Å². The van der Waals surface area contributed by atoms with Gasteiger partial charge < -0.3 is 9.59 Å². The topological polar surface area (TPSA) is 37.3 Å². The minimum atomic E-state index is -9.64. The van der Waals surface area contributed by atoms with Crippen LogP contribution in [-0.4, -0.2) is 130 Å². The van der Waals surface area contributed by atoms with Gasteiger partial charge in [-0.3, -0.25) is 4.21 Å². The molecule has 2 unspecified atom stereocenters. The van der Waals surface area contributed by atoms with Crippen molar-refractivity contribution in [3.05, 3.63) is 0 Å². The van der Waals surface area contributed by atoms with Crippen LogP contribution in [0.3, 0.4) is 0 Å². The van der Waals surface area contributed by atoms with Gasteiger partial charge in [0.15, 0.2) is 0 Å². The highest BCUT2D eigenvalue weighted by atomic mass is 32.2. The Labute approximate surface area is 258 Å². The van der Waals surface area contributed by atoms with Crippen molar-refractivity contribution in [3.8, 4) is 0 Å². The van der Waals surface area contributed by atoms with Gasteiger partial charge in [0.1, 0.15) is 12.6 Å². The zero-order chi connectivity index (χ0) is 40.5. The molecule has 3 nitrogen and oxygen atoms in total. The number of quaternary nitrogens is 1. The average molecular weight is 812 g/mol. The first-order chi connectivity index (χ1) is 20.7. The Kier molecular flexibility index (Phi) is 12.3. The van der Waals surface area contributed by atoms with Crippen LogP contribution in [0.2, 0.25) is 0 Å². The molecule has 29 heteroatoms. The van der Waals surface area contributed by atoms with Gasteiger partial charge in [-0.25, -0.2) is 0 Å². The molecule has 1 N–H and O–H groups in total. The van der Waals surface area contributed by atoms with E-state index < -0.39 is 106 Å². The molecule has 0 amide bonds. The van der Waals surface area contributed by atoms with E-state index in [0.29, 0.717) is 0 Å². The standard InChI is InChI=1S/C20H19F25NO2S/c1-46(2,3)6-8(47)7-49(48)5-4-9(21,22)10(23,24)11(25,26)12(27,28)13(29,30)14(31,32)15(33,34)16(35,36)17(37,38)18(39,40)19(41,42)20(43,44)45/h8,47H,4-7H2,1-3H3/q+1. The maximum Gasteiger partial charge on any atom is 0.460 e. The van der Waals surface area contributed by atoms with E-state index in [4.69, 9.17) is 0 Å². The van der Waals surface area contributed by atoms with Gasteiger partial charge in [-0.05, 0) is 0 Å². The summed E-state index contributed by atoms with van der Waals surface area (Å²) in [4.78, 5) is 0. The summed E-state index contributed by atoms with van der Waals surface area (Å²) in [5.41, 5.74) is 0. The summed E-state index contributed by atoms with van der Waals surface area (Å²) in [5, 5.41) is 9.63. The molecule has 0 aromatic rings. The smallest absolute Gasteiger partial charge is 0.386 e. The molecule has 0 aliphatic carbocycles. The summed E-state index contributed by atoms with van der Waals surface area (Å²) in [6.07, 6.45) is -13.0. The lowest BCUT2D eigenvalue weighted by Gasteiger charge is -2.45. The van der Waals surface area contributed by atoms with Gasteiger partial charge in [-0.2, -0.15) is 110 Å². The van der Waals surface area contributed by atoms with E-state index >= 15 is 0 Å². The van der Waals surface area contributed by atoms with Gasteiger partial charge in [0.2, 0.25) is 0 Å². The third kappa shape index (κ3) is 7.21. The zero-order valence-corrected chi connectivity index (χ0v) is 24.4. The largest absolute Gasteiger partial charge is 0.460 e. The second-order valence-electron chi connectivity index (χ2n) is 11.1. The third-order valence-corrected chi connectivity index (χ3v) is 7.56. The fourth-order valence-corrected chi connectivity index (χ4v) is 4.55. The minimum Gasteiger partial charge on any atom is -0.386 e. The van der Waals surface area contributed by atoms with Crippen LogP contribution in [0.1, 0.15) is 6.42 Å². The molecule has 0 bridgehead atoms. The van der Waals surface area contributed by atoms with E-state index in [2.05, 4.69) is 0 Å². The summed E-state index contributed by atoms with van der Waals surface area (Å²) >= 11 is 0. The molecule has 0 aliphatic rings. The van der Waals surface area contributed by atoms with Gasteiger partial charge >= 0.3 is 71.3 Å². The Bertz CT molecular complexity index is 1190. The zero-order valence-electron chi connectivity index (χ0n) is 23.6. The number of aliphatic hydroxyl groups is 1. The van der Waals surface area contributed by atoms with Crippen LogP contribution in [0.15, 0.2) is 0 Å². The van der Waals surface area contributed by atoms with E-state index in [1.165, 1.54) is 21.1 Å². The van der Waals surface area contributed by atoms with Crippen molar-refractivity contribution in [1.29, 1.82) is 0 Å². The number of hydrogen-bond donors (Lipinski definition) is 1. The van der Waals surface area contributed by atoms with Gasteiger partial charge in [0, 0.05) is 23.0 Å². The van der Waals surface area contributed by atoms with Crippen LogP contribution in [0, 0.1) is 0 Å². The van der Waals surface area contributed by atoms with Crippen molar-refractivity contribution in [2.75, 3.05) is 39.2 Å². The Hall–Kier alpha value is -1.68. The lowest BCUT2D eigenvalue weighted by atomic mass is 9.84. The van der Waals surface area contributed by atoms with Crippen molar-refractivity contribution in [2.45, 2.75) is 83.8 Å². The van der Waals surface area contributed by atoms with Crippen LogP contribution < -0.4 is 0 Å². The van der Waals surface area contributed by atoms with E-state index in [9.17, 15) is 119 Å². The molecule has 0 heterocycles. The second-order valence-corrected chi connectivity index (χ2v) is 12.8.